The third-order valence-electron chi connectivity index (χ3n) is 6.39. The molecular weight excluding hydrogens is 530 g/mol. The Morgan fingerprint density at radius 2 is 1.82 bits per heavy atom. The van der Waals surface area contributed by atoms with Gasteiger partial charge in [0.2, 0.25) is 0 Å². The SMILES string of the molecule is CO[Si](O)(CO)CCCNC(c1ccc2c(c1)C(=O)N(C)C2=O)=[N+](CCCS(=O)(=O)O)c1cccc(C)c1. The zero-order chi connectivity index (χ0) is 28.1. The van der Waals surface area contributed by atoms with Crippen LogP contribution in [-0.4, -0.2) is 97.8 Å². The number of carbonyl (C=O) groups is 2. The standard InChI is InChI=1S/C25H33N3O8SSi/c1-18-7-4-8-20(15-18)28(12-6-13-37(32,33)34)23(26-11-5-14-38(35,17-29)36-3)19-9-10-21-22(16-19)25(31)27(2)24(21)30/h4,7-10,15-16,29,35H,5-6,11-14,17H2,1-3H3,(H,32,33,34)/p+1. The van der Waals surface area contributed by atoms with Gasteiger partial charge < -0.3 is 14.3 Å². The molecule has 1 aliphatic heterocycles. The molecule has 0 aliphatic carbocycles. The van der Waals surface area contributed by atoms with E-state index in [4.69, 9.17) is 4.43 Å². The number of hydrogen-bond donors (Lipinski definition) is 4. The number of amidine groups is 1. The van der Waals surface area contributed by atoms with Crippen LogP contribution in [0.5, 0.6) is 0 Å². The zero-order valence-electron chi connectivity index (χ0n) is 21.7. The Morgan fingerprint density at radius 3 is 2.45 bits per heavy atom. The van der Waals surface area contributed by atoms with Crippen LogP contribution in [0.4, 0.5) is 5.69 Å². The topological polar surface area (TPSA) is 156 Å². The van der Waals surface area contributed by atoms with Gasteiger partial charge in [0.1, 0.15) is 5.69 Å². The molecule has 38 heavy (non-hydrogen) atoms. The summed E-state index contributed by atoms with van der Waals surface area (Å²) in [7, 11) is -4.61. The summed E-state index contributed by atoms with van der Waals surface area (Å²) in [5.74, 6) is -0.690. The third kappa shape index (κ3) is 7.12. The molecule has 1 aliphatic rings. The molecule has 206 valence electrons. The highest BCUT2D eigenvalue weighted by Gasteiger charge is 2.34. The van der Waals surface area contributed by atoms with E-state index in [-0.39, 0.29) is 30.5 Å². The van der Waals surface area contributed by atoms with Crippen molar-refractivity contribution in [1.29, 1.82) is 0 Å². The summed E-state index contributed by atoms with van der Waals surface area (Å²) in [5.41, 5.74) is 2.87. The van der Waals surface area contributed by atoms with Crippen molar-refractivity contribution < 1.29 is 41.5 Å². The number of nitrogens with one attached hydrogen (secondary N) is 1. The Kier molecular flexibility index (Phi) is 9.57. The fraction of sp³-hybridized carbons (Fsp3) is 0.400. The second kappa shape index (κ2) is 12.3. The molecule has 1 heterocycles. The monoisotopic (exact) mass is 564 g/mol. The van der Waals surface area contributed by atoms with Crippen LogP contribution in [0.15, 0.2) is 42.5 Å². The molecule has 0 saturated heterocycles. The van der Waals surface area contributed by atoms with Gasteiger partial charge in [0.25, 0.3) is 27.8 Å². The van der Waals surface area contributed by atoms with Crippen molar-refractivity contribution >= 4 is 42.0 Å². The third-order valence-corrected chi connectivity index (χ3v) is 9.59. The summed E-state index contributed by atoms with van der Waals surface area (Å²) in [5, 5.41) is 12.8. The van der Waals surface area contributed by atoms with Gasteiger partial charge in [-0.15, -0.1) is 0 Å². The molecule has 0 bridgehead atoms. The Balaban J connectivity index is 2.08. The number of benzene rings is 2. The maximum Gasteiger partial charge on any atom is 0.361 e. The van der Waals surface area contributed by atoms with Gasteiger partial charge >= 0.3 is 8.56 Å². The summed E-state index contributed by atoms with van der Waals surface area (Å²) in [6.45, 7) is 2.49. The maximum atomic E-state index is 12.7. The predicted molar refractivity (Wildman–Crippen MR) is 143 cm³/mol. The lowest BCUT2D eigenvalue weighted by Gasteiger charge is -2.20. The first-order valence-electron chi connectivity index (χ1n) is 12.1. The number of rotatable bonds is 12. The van der Waals surface area contributed by atoms with E-state index < -0.39 is 36.6 Å². The van der Waals surface area contributed by atoms with Crippen molar-refractivity contribution in [2.75, 3.05) is 39.2 Å². The Hall–Kier alpha value is -2.94. The molecular formula is C25H34N3O8SSi+. The highest BCUT2D eigenvalue weighted by Crippen LogP contribution is 2.24. The van der Waals surface area contributed by atoms with Crippen LogP contribution < -0.4 is 5.32 Å². The molecule has 0 aromatic heterocycles. The second-order valence-electron chi connectivity index (χ2n) is 9.25. The average molecular weight is 565 g/mol. The predicted octanol–water partition coefficient (Wildman–Crippen LogP) is 1.18. The van der Waals surface area contributed by atoms with Gasteiger partial charge in [-0.1, -0.05) is 12.1 Å². The number of nitrogens with zero attached hydrogens (tertiary/aromatic N) is 2. The molecule has 2 aromatic rings. The number of amides is 2. The molecule has 0 fully saturated rings. The van der Waals surface area contributed by atoms with Gasteiger partial charge in [-0.3, -0.25) is 24.4 Å². The Morgan fingerprint density at radius 1 is 1.11 bits per heavy atom. The lowest BCUT2D eigenvalue weighted by Crippen LogP contribution is -2.43. The minimum atomic E-state index is -4.18. The summed E-state index contributed by atoms with van der Waals surface area (Å²) < 4.78 is 39.1. The zero-order valence-corrected chi connectivity index (χ0v) is 23.5. The van der Waals surface area contributed by atoms with Crippen molar-refractivity contribution in [3.05, 3.63) is 64.7 Å². The lowest BCUT2D eigenvalue weighted by molar-refractivity contribution is -0.442. The normalized spacial score (nSPS) is 15.8. The number of carbonyl (C=O) groups excluding carboxylic acids is 2. The van der Waals surface area contributed by atoms with E-state index in [2.05, 4.69) is 5.32 Å². The van der Waals surface area contributed by atoms with Crippen LogP contribution in [0.25, 0.3) is 0 Å². The second-order valence-corrected chi connectivity index (χ2v) is 13.9. The minimum Gasteiger partial charge on any atom is -0.409 e. The lowest BCUT2D eigenvalue weighted by atomic mass is 10.0. The first kappa shape index (κ1) is 29.6. The van der Waals surface area contributed by atoms with E-state index in [0.717, 1.165) is 16.2 Å². The number of imide groups is 1. The largest absolute Gasteiger partial charge is 0.409 e. The Labute approximate surface area is 223 Å². The molecule has 2 amide bonds. The van der Waals surface area contributed by atoms with Crippen LogP contribution in [0.1, 0.15) is 44.7 Å². The van der Waals surface area contributed by atoms with E-state index in [0.29, 0.717) is 29.9 Å². The molecule has 11 nitrogen and oxygen atoms in total. The first-order chi connectivity index (χ1) is 17.9. The van der Waals surface area contributed by atoms with E-state index in [1.165, 1.54) is 14.2 Å². The summed E-state index contributed by atoms with van der Waals surface area (Å²) in [6, 6.07) is 12.8. The summed E-state index contributed by atoms with van der Waals surface area (Å²) in [6.07, 6.45) is 0.141. The molecule has 0 saturated carbocycles. The molecule has 4 N–H and O–H groups in total. The molecule has 1 unspecified atom stereocenters. The van der Waals surface area contributed by atoms with Gasteiger partial charge in [-0.25, -0.2) is 4.58 Å². The average Bonchev–Trinajstić information content (AvgIpc) is 3.09. The van der Waals surface area contributed by atoms with Gasteiger partial charge in [0, 0.05) is 20.6 Å². The van der Waals surface area contributed by atoms with E-state index in [1.807, 2.05) is 35.8 Å². The highest BCUT2D eigenvalue weighted by atomic mass is 32.2. The number of aryl methyl sites for hydroxylation is 1. The minimum absolute atomic E-state index is 0.115. The quantitative estimate of drug-likeness (QED) is 0.0565. The van der Waals surface area contributed by atoms with Crippen LogP contribution in [-0.2, 0) is 14.5 Å². The number of hydrogen-bond acceptors (Lipinski definition) is 7. The van der Waals surface area contributed by atoms with Gasteiger partial charge in [-0.05, 0) is 55.3 Å². The smallest absolute Gasteiger partial charge is 0.361 e. The van der Waals surface area contributed by atoms with E-state index in [1.54, 1.807) is 18.2 Å². The molecule has 13 heteroatoms. The number of aliphatic hydroxyl groups is 1. The van der Waals surface area contributed by atoms with E-state index in [9.17, 15) is 32.5 Å². The van der Waals surface area contributed by atoms with Crippen LogP contribution in [0, 0.1) is 6.92 Å². The van der Waals surface area contributed by atoms with Gasteiger partial charge in [0.05, 0.1) is 41.8 Å². The van der Waals surface area contributed by atoms with Gasteiger partial charge in [-0.2, -0.15) is 8.42 Å². The van der Waals surface area contributed by atoms with Crippen molar-refractivity contribution in [2.45, 2.75) is 25.8 Å². The highest BCUT2D eigenvalue weighted by molar-refractivity contribution is 7.85. The van der Waals surface area contributed by atoms with Crippen molar-refractivity contribution in [3.8, 4) is 0 Å². The molecule has 0 radical (unpaired) electrons. The van der Waals surface area contributed by atoms with Crippen LogP contribution >= 0.6 is 0 Å². The first-order valence-corrected chi connectivity index (χ1v) is 16.0. The maximum absolute atomic E-state index is 12.7. The summed E-state index contributed by atoms with van der Waals surface area (Å²) in [4.78, 5) is 36.5. The number of aliphatic hydroxyl groups excluding tert-OH is 1. The van der Waals surface area contributed by atoms with Crippen molar-refractivity contribution in [3.63, 3.8) is 0 Å². The van der Waals surface area contributed by atoms with Crippen LogP contribution in [0.2, 0.25) is 6.04 Å². The Bertz CT molecular complexity index is 1340. The van der Waals surface area contributed by atoms with E-state index >= 15 is 0 Å². The van der Waals surface area contributed by atoms with Gasteiger partial charge in [0.15, 0.2) is 0 Å². The molecule has 0 spiro atoms. The molecule has 2 aromatic carbocycles. The molecule has 1 atom stereocenters. The molecule has 3 rings (SSSR count). The summed E-state index contributed by atoms with van der Waals surface area (Å²) >= 11 is 0. The number of fused-ring (bicyclic) bond motifs is 1. The van der Waals surface area contributed by atoms with Crippen molar-refractivity contribution in [2.24, 2.45) is 0 Å². The van der Waals surface area contributed by atoms with Crippen molar-refractivity contribution in [1.82, 2.24) is 10.2 Å². The fourth-order valence-electron chi connectivity index (χ4n) is 4.25. The van der Waals surface area contributed by atoms with Crippen LogP contribution in [0.3, 0.4) is 0 Å². The fourth-order valence-corrected chi connectivity index (χ4v) is 5.96.